The molecule has 0 bridgehead atoms. The van der Waals surface area contributed by atoms with Crippen LogP contribution in [0.5, 0.6) is 0 Å². The first-order valence-electron chi connectivity index (χ1n) is 4.41. The van der Waals surface area contributed by atoms with Crippen LogP contribution >= 0.6 is 11.8 Å². The molecule has 0 aromatic heterocycles. The summed E-state index contributed by atoms with van der Waals surface area (Å²) in [6.45, 7) is 9.25. The fourth-order valence-corrected chi connectivity index (χ4v) is 1.80. The molecule has 0 spiro atoms. The van der Waals surface area contributed by atoms with Crippen LogP contribution in [0.3, 0.4) is 0 Å². The SMILES string of the molecule is CC(=O)N(O)C(C)(C)SCC(C)C. The molecule has 0 aliphatic heterocycles. The minimum Gasteiger partial charge on any atom is -0.285 e. The summed E-state index contributed by atoms with van der Waals surface area (Å²) < 4.78 is 0. The van der Waals surface area contributed by atoms with Crippen LogP contribution in [-0.4, -0.2) is 26.8 Å². The van der Waals surface area contributed by atoms with Gasteiger partial charge in [0.25, 0.3) is 0 Å². The van der Waals surface area contributed by atoms with Crippen LogP contribution in [0, 0.1) is 5.92 Å². The van der Waals surface area contributed by atoms with Gasteiger partial charge in [0.2, 0.25) is 5.91 Å². The summed E-state index contributed by atoms with van der Waals surface area (Å²) in [6.07, 6.45) is 0. The number of carbonyl (C=O) groups is 1. The van der Waals surface area contributed by atoms with Crippen molar-refractivity contribution >= 4 is 17.7 Å². The Hall–Kier alpha value is -0.220. The van der Waals surface area contributed by atoms with Gasteiger partial charge in [-0.25, -0.2) is 5.06 Å². The monoisotopic (exact) mass is 205 g/mol. The zero-order chi connectivity index (χ0) is 10.6. The number of nitrogens with zero attached hydrogens (tertiary/aromatic N) is 1. The molecule has 0 saturated heterocycles. The first-order valence-corrected chi connectivity index (χ1v) is 5.39. The second-order valence-electron chi connectivity index (χ2n) is 3.98. The van der Waals surface area contributed by atoms with Crippen molar-refractivity contribution in [2.45, 2.75) is 39.5 Å². The Morgan fingerprint density at radius 1 is 1.54 bits per heavy atom. The molecule has 3 nitrogen and oxygen atoms in total. The van der Waals surface area contributed by atoms with Gasteiger partial charge in [0, 0.05) is 6.92 Å². The number of amides is 1. The highest BCUT2D eigenvalue weighted by Crippen LogP contribution is 2.28. The Morgan fingerprint density at radius 2 is 2.00 bits per heavy atom. The van der Waals surface area contributed by atoms with Crippen LogP contribution in [0.15, 0.2) is 0 Å². The Balaban J connectivity index is 4.13. The molecule has 0 saturated carbocycles. The van der Waals surface area contributed by atoms with Gasteiger partial charge in [-0.2, -0.15) is 0 Å². The number of hydrogen-bond acceptors (Lipinski definition) is 3. The Morgan fingerprint density at radius 3 is 2.31 bits per heavy atom. The Kier molecular flexibility index (Phi) is 4.78. The molecule has 0 atom stereocenters. The fourth-order valence-electron chi connectivity index (χ4n) is 0.811. The molecule has 0 unspecified atom stereocenters. The summed E-state index contributed by atoms with van der Waals surface area (Å²) in [5, 5.41) is 10.2. The van der Waals surface area contributed by atoms with Gasteiger partial charge in [0.1, 0.15) is 4.87 Å². The van der Waals surface area contributed by atoms with Crippen LogP contribution in [0.2, 0.25) is 0 Å². The molecule has 1 N–H and O–H groups in total. The summed E-state index contributed by atoms with van der Waals surface area (Å²) in [5.41, 5.74) is 0. The summed E-state index contributed by atoms with van der Waals surface area (Å²) in [6, 6.07) is 0. The fraction of sp³-hybridized carbons (Fsp3) is 0.889. The number of rotatable bonds is 4. The van der Waals surface area contributed by atoms with Gasteiger partial charge in [0.15, 0.2) is 0 Å². The minimum absolute atomic E-state index is 0.318. The van der Waals surface area contributed by atoms with Crippen molar-refractivity contribution < 1.29 is 10.0 Å². The predicted octanol–water partition coefficient (Wildman–Crippen LogP) is 2.35. The van der Waals surface area contributed by atoms with E-state index in [1.165, 1.54) is 6.92 Å². The number of carbonyl (C=O) groups excluding carboxylic acids is 1. The van der Waals surface area contributed by atoms with Gasteiger partial charge in [-0.15, -0.1) is 11.8 Å². The molecule has 78 valence electrons. The molecule has 0 aliphatic rings. The lowest BCUT2D eigenvalue weighted by molar-refractivity contribution is -0.174. The molecule has 0 aliphatic carbocycles. The van der Waals surface area contributed by atoms with E-state index >= 15 is 0 Å². The Bertz CT molecular complexity index is 180. The molecular formula is C9H19NO2S. The largest absolute Gasteiger partial charge is 0.285 e. The lowest BCUT2D eigenvalue weighted by Crippen LogP contribution is -2.42. The van der Waals surface area contributed by atoms with E-state index in [0.717, 1.165) is 10.8 Å². The lowest BCUT2D eigenvalue weighted by atomic mass is 10.3. The third-order valence-electron chi connectivity index (χ3n) is 1.58. The maximum Gasteiger partial charge on any atom is 0.244 e. The zero-order valence-electron chi connectivity index (χ0n) is 9.00. The van der Waals surface area contributed by atoms with Gasteiger partial charge in [-0.3, -0.25) is 10.0 Å². The van der Waals surface area contributed by atoms with Crippen LogP contribution in [0.25, 0.3) is 0 Å². The second kappa shape index (κ2) is 4.86. The van der Waals surface area contributed by atoms with Gasteiger partial charge < -0.3 is 0 Å². The lowest BCUT2D eigenvalue weighted by Gasteiger charge is -2.32. The molecule has 0 heterocycles. The van der Waals surface area contributed by atoms with E-state index in [-0.39, 0.29) is 5.91 Å². The Labute approximate surface area is 84.5 Å². The van der Waals surface area contributed by atoms with Crippen LogP contribution in [-0.2, 0) is 4.79 Å². The summed E-state index contributed by atoms with van der Waals surface area (Å²) in [7, 11) is 0. The van der Waals surface area contributed by atoms with Crippen LogP contribution < -0.4 is 0 Å². The van der Waals surface area contributed by atoms with Gasteiger partial charge in [-0.05, 0) is 25.5 Å². The summed E-state index contributed by atoms with van der Waals surface area (Å²) in [5.74, 6) is 1.17. The van der Waals surface area contributed by atoms with Crippen molar-refractivity contribution in [2.75, 3.05) is 5.75 Å². The molecule has 13 heavy (non-hydrogen) atoms. The van der Waals surface area contributed by atoms with E-state index in [4.69, 9.17) is 0 Å². The predicted molar refractivity (Wildman–Crippen MR) is 55.7 cm³/mol. The minimum atomic E-state index is -0.532. The van der Waals surface area contributed by atoms with Gasteiger partial charge in [-0.1, -0.05) is 13.8 Å². The average Bonchev–Trinajstić information content (AvgIpc) is 1.99. The van der Waals surface area contributed by atoms with E-state index in [2.05, 4.69) is 13.8 Å². The number of thioether (sulfide) groups is 1. The first kappa shape index (κ1) is 12.8. The molecule has 0 fully saturated rings. The third kappa shape index (κ3) is 4.52. The van der Waals surface area contributed by atoms with Crippen molar-refractivity contribution in [3.8, 4) is 0 Å². The summed E-state index contributed by atoms with van der Waals surface area (Å²) >= 11 is 1.58. The molecule has 4 heteroatoms. The van der Waals surface area contributed by atoms with Crippen molar-refractivity contribution in [1.82, 2.24) is 5.06 Å². The maximum absolute atomic E-state index is 10.9. The maximum atomic E-state index is 10.9. The normalized spacial score (nSPS) is 11.9. The second-order valence-corrected chi connectivity index (χ2v) is 5.60. The average molecular weight is 205 g/mol. The smallest absolute Gasteiger partial charge is 0.244 e. The highest BCUT2D eigenvalue weighted by Gasteiger charge is 2.28. The van der Waals surface area contributed by atoms with Crippen LogP contribution in [0.4, 0.5) is 0 Å². The van der Waals surface area contributed by atoms with E-state index in [1.807, 2.05) is 13.8 Å². The van der Waals surface area contributed by atoms with E-state index in [1.54, 1.807) is 11.8 Å². The first-order chi connectivity index (χ1) is 5.77. The third-order valence-corrected chi connectivity index (χ3v) is 3.29. The van der Waals surface area contributed by atoms with Crippen molar-refractivity contribution in [3.63, 3.8) is 0 Å². The zero-order valence-corrected chi connectivity index (χ0v) is 9.81. The van der Waals surface area contributed by atoms with Crippen molar-refractivity contribution in [3.05, 3.63) is 0 Å². The van der Waals surface area contributed by atoms with Gasteiger partial charge in [0.05, 0.1) is 0 Å². The number of hydroxylamine groups is 2. The standard InChI is InChI=1S/C9H19NO2S/c1-7(2)6-13-9(4,5)10(12)8(3)11/h7,12H,6H2,1-5H3. The van der Waals surface area contributed by atoms with Gasteiger partial charge >= 0.3 is 0 Å². The molecular weight excluding hydrogens is 186 g/mol. The van der Waals surface area contributed by atoms with Crippen LogP contribution in [0.1, 0.15) is 34.6 Å². The summed E-state index contributed by atoms with van der Waals surface area (Å²) in [4.78, 5) is 10.4. The van der Waals surface area contributed by atoms with E-state index < -0.39 is 4.87 Å². The van der Waals surface area contributed by atoms with Crippen molar-refractivity contribution in [2.24, 2.45) is 5.92 Å². The highest BCUT2D eigenvalue weighted by molar-refractivity contribution is 8.00. The highest BCUT2D eigenvalue weighted by atomic mass is 32.2. The molecule has 0 aromatic carbocycles. The molecule has 0 aromatic rings. The molecule has 1 amide bonds. The quantitative estimate of drug-likeness (QED) is 0.435. The van der Waals surface area contributed by atoms with E-state index in [0.29, 0.717) is 5.92 Å². The van der Waals surface area contributed by atoms with Crippen molar-refractivity contribution in [1.29, 1.82) is 0 Å². The number of hydrogen-bond donors (Lipinski definition) is 1. The van der Waals surface area contributed by atoms with E-state index in [9.17, 15) is 10.0 Å². The molecule has 0 radical (unpaired) electrons. The molecule has 0 rings (SSSR count). The topological polar surface area (TPSA) is 40.5 Å².